The molecule has 116 valence electrons. The van der Waals surface area contributed by atoms with Gasteiger partial charge in [-0.05, 0) is 37.0 Å². The average molecular weight is 290 g/mol. The summed E-state index contributed by atoms with van der Waals surface area (Å²) in [5.41, 5.74) is 1.23. The third-order valence-electron chi connectivity index (χ3n) is 3.57. The van der Waals surface area contributed by atoms with Crippen molar-refractivity contribution in [3.05, 3.63) is 29.8 Å². The van der Waals surface area contributed by atoms with Crippen LogP contribution in [0.3, 0.4) is 0 Å². The van der Waals surface area contributed by atoms with Gasteiger partial charge in [0.15, 0.2) is 0 Å². The molecule has 1 amide bonds. The van der Waals surface area contributed by atoms with E-state index in [0.29, 0.717) is 12.5 Å². The van der Waals surface area contributed by atoms with Crippen LogP contribution in [0.2, 0.25) is 0 Å². The molecule has 21 heavy (non-hydrogen) atoms. The van der Waals surface area contributed by atoms with E-state index in [4.69, 9.17) is 4.74 Å². The van der Waals surface area contributed by atoms with Crippen LogP contribution in [-0.4, -0.2) is 25.6 Å². The highest BCUT2D eigenvalue weighted by Gasteiger charge is 2.28. The Morgan fingerprint density at radius 3 is 2.67 bits per heavy atom. The molecule has 1 saturated carbocycles. The maximum Gasteiger partial charge on any atom is 0.223 e. The fourth-order valence-corrected chi connectivity index (χ4v) is 2.03. The van der Waals surface area contributed by atoms with Crippen molar-refractivity contribution in [2.45, 2.75) is 39.2 Å². The SMILES string of the molecule is CCCCOc1ccc(CNCCNC(=O)C2CC2)cc1. The van der Waals surface area contributed by atoms with E-state index in [0.717, 1.165) is 51.1 Å². The highest BCUT2D eigenvalue weighted by Crippen LogP contribution is 2.28. The molecule has 1 aliphatic carbocycles. The summed E-state index contributed by atoms with van der Waals surface area (Å²) in [6.45, 7) is 5.26. The second-order valence-electron chi connectivity index (χ2n) is 5.59. The Hall–Kier alpha value is -1.55. The zero-order valence-electron chi connectivity index (χ0n) is 12.9. The molecule has 2 N–H and O–H groups in total. The minimum Gasteiger partial charge on any atom is -0.494 e. The lowest BCUT2D eigenvalue weighted by Gasteiger charge is -2.08. The van der Waals surface area contributed by atoms with E-state index in [2.05, 4.69) is 29.7 Å². The first-order chi connectivity index (χ1) is 10.3. The molecule has 4 heteroatoms. The number of amides is 1. The van der Waals surface area contributed by atoms with E-state index >= 15 is 0 Å². The van der Waals surface area contributed by atoms with Gasteiger partial charge < -0.3 is 15.4 Å². The molecule has 0 aromatic heterocycles. The van der Waals surface area contributed by atoms with Gasteiger partial charge in [0.2, 0.25) is 5.91 Å². The smallest absolute Gasteiger partial charge is 0.223 e. The van der Waals surface area contributed by atoms with Gasteiger partial charge in [0.1, 0.15) is 5.75 Å². The molecule has 1 aliphatic rings. The molecule has 0 radical (unpaired) electrons. The molecule has 1 fully saturated rings. The molecule has 4 nitrogen and oxygen atoms in total. The van der Waals surface area contributed by atoms with E-state index < -0.39 is 0 Å². The van der Waals surface area contributed by atoms with Crippen molar-refractivity contribution < 1.29 is 9.53 Å². The van der Waals surface area contributed by atoms with Gasteiger partial charge in [-0.1, -0.05) is 25.5 Å². The maximum absolute atomic E-state index is 11.4. The third-order valence-corrected chi connectivity index (χ3v) is 3.57. The Kier molecular flexibility index (Phi) is 6.54. The topological polar surface area (TPSA) is 50.4 Å². The van der Waals surface area contributed by atoms with Crippen molar-refractivity contribution in [3.63, 3.8) is 0 Å². The number of hydrogen-bond donors (Lipinski definition) is 2. The molecule has 0 bridgehead atoms. The van der Waals surface area contributed by atoms with Crippen LogP contribution in [0.5, 0.6) is 5.75 Å². The van der Waals surface area contributed by atoms with Crippen LogP contribution < -0.4 is 15.4 Å². The number of carbonyl (C=O) groups excluding carboxylic acids is 1. The number of rotatable bonds is 10. The molecular weight excluding hydrogens is 264 g/mol. The predicted octanol–water partition coefficient (Wildman–Crippen LogP) is 2.48. The number of ether oxygens (including phenoxy) is 1. The predicted molar refractivity (Wildman–Crippen MR) is 84.3 cm³/mol. The fourth-order valence-electron chi connectivity index (χ4n) is 2.03. The summed E-state index contributed by atoms with van der Waals surface area (Å²) < 4.78 is 5.63. The summed E-state index contributed by atoms with van der Waals surface area (Å²) in [7, 11) is 0. The van der Waals surface area contributed by atoms with Gasteiger partial charge in [-0.2, -0.15) is 0 Å². The van der Waals surface area contributed by atoms with Gasteiger partial charge in [-0.25, -0.2) is 0 Å². The van der Waals surface area contributed by atoms with Crippen molar-refractivity contribution in [3.8, 4) is 5.75 Å². The van der Waals surface area contributed by atoms with Gasteiger partial charge in [-0.3, -0.25) is 4.79 Å². The van der Waals surface area contributed by atoms with E-state index in [1.54, 1.807) is 0 Å². The number of unbranched alkanes of at least 4 members (excludes halogenated alkanes) is 1. The van der Waals surface area contributed by atoms with Gasteiger partial charge in [0.05, 0.1) is 6.61 Å². The molecule has 0 aliphatic heterocycles. The molecule has 0 atom stereocenters. The second-order valence-corrected chi connectivity index (χ2v) is 5.59. The molecule has 1 aromatic rings. The fraction of sp³-hybridized carbons (Fsp3) is 0.588. The summed E-state index contributed by atoms with van der Waals surface area (Å²) >= 11 is 0. The minimum absolute atomic E-state index is 0.213. The van der Waals surface area contributed by atoms with Crippen molar-refractivity contribution in [2.24, 2.45) is 5.92 Å². The average Bonchev–Trinajstić information content (AvgIpc) is 3.33. The Balaban J connectivity index is 1.56. The van der Waals surface area contributed by atoms with Crippen LogP contribution in [0.15, 0.2) is 24.3 Å². The molecule has 1 aromatic carbocycles. The minimum atomic E-state index is 0.213. The van der Waals surface area contributed by atoms with Crippen LogP contribution >= 0.6 is 0 Å². The van der Waals surface area contributed by atoms with Crippen molar-refractivity contribution in [1.29, 1.82) is 0 Å². The Morgan fingerprint density at radius 1 is 1.24 bits per heavy atom. The quantitative estimate of drug-likeness (QED) is 0.651. The molecule has 0 unspecified atom stereocenters. The van der Waals surface area contributed by atoms with Crippen LogP contribution in [0.4, 0.5) is 0 Å². The van der Waals surface area contributed by atoms with E-state index in [-0.39, 0.29) is 5.91 Å². The third kappa shape index (κ3) is 6.17. The van der Waals surface area contributed by atoms with Gasteiger partial charge in [0.25, 0.3) is 0 Å². The van der Waals surface area contributed by atoms with Crippen LogP contribution in [0.1, 0.15) is 38.2 Å². The lowest BCUT2D eigenvalue weighted by Crippen LogP contribution is -2.32. The summed E-state index contributed by atoms with van der Waals surface area (Å²) in [5.74, 6) is 1.44. The highest BCUT2D eigenvalue weighted by atomic mass is 16.5. The largest absolute Gasteiger partial charge is 0.494 e. The maximum atomic E-state index is 11.4. The normalized spacial score (nSPS) is 14.0. The standard InChI is InChI=1S/C17H26N2O2/c1-2-3-12-21-16-8-4-14(5-9-16)13-18-10-11-19-17(20)15-6-7-15/h4-5,8-9,15,18H,2-3,6-7,10-13H2,1H3,(H,19,20). The van der Waals surface area contributed by atoms with E-state index in [1.807, 2.05) is 12.1 Å². The first-order valence-electron chi connectivity index (χ1n) is 7.99. The van der Waals surface area contributed by atoms with Gasteiger partial charge in [0, 0.05) is 25.6 Å². The van der Waals surface area contributed by atoms with Crippen molar-refractivity contribution in [1.82, 2.24) is 10.6 Å². The zero-order valence-corrected chi connectivity index (χ0v) is 12.9. The highest BCUT2D eigenvalue weighted by molar-refractivity contribution is 5.80. The number of carbonyl (C=O) groups is 1. The summed E-state index contributed by atoms with van der Waals surface area (Å²) in [5, 5.41) is 6.28. The Morgan fingerprint density at radius 2 is 2.00 bits per heavy atom. The van der Waals surface area contributed by atoms with Crippen LogP contribution in [0, 0.1) is 5.92 Å². The lowest BCUT2D eigenvalue weighted by molar-refractivity contribution is -0.122. The first kappa shape index (κ1) is 15.8. The molecule has 0 spiro atoms. The Labute approximate surface area is 127 Å². The van der Waals surface area contributed by atoms with Crippen molar-refractivity contribution >= 4 is 5.91 Å². The Bertz CT molecular complexity index is 427. The molecule has 2 rings (SSSR count). The number of hydrogen-bond acceptors (Lipinski definition) is 3. The number of benzene rings is 1. The monoisotopic (exact) mass is 290 g/mol. The van der Waals surface area contributed by atoms with Gasteiger partial charge in [-0.15, -0.1) is 0 Å². The van der Waals surface area contributed by atoms with Gasteiger partial charge >= 0.3 is 0 Å². The van der Waals surface area contributed by atoms with Crippen molar-refractivity contribution in [2.75, 3.05) is 19.7 Å². The second kappa shape index (κ2) is 8.67. The lowest BCUT2D eigenvalue weighted by atomic mass is 10.2. The molecule has 0 heterocycles. The summed E-state index contributed by atoms with van der Waals surface area (Å²) in [4.78, 5) is 11.4. The van der Waals surface area contributed by atoms with E-state index in [9.17, 15) is 4.79 Å². The number of nitrogens with one attached hydrogen (secondary N) is 2. The molecular formula is C17H26N2O2. The summed E-state index contributed by atoms with van der Waals surface area (Å²) in [6.07, 6.45) is 4.37. The molecule has 0 saturated heterocycles. The first-order valence-corrected chi connectivity index (χ1v) is 7.99. The van der Waals surface area contributed by atoms with E-state index in [1.165, 1.54) is 5.56 Å². The van der Waals surface area contributed by atoms with Crippen LogP contribution in [0.25, 0.3) is 0 Å². The zero-order chi connectivity index (χ0) is 14.9. The van der Waals surface area contributed by atoms with Crippen LogP contribution in [-0.2, 0) is 11.3 Å². The summed E-state index contributed by atoms with van der Waals surface area (Å²) in [6, 6.07) is 8.19.